The third kappa shape index (κ3) is 5.22. The molecular weight excluding hydrogens is 444 g/mol. The summed E-state index contributed by atoms with van der Waals surface area (Å²) >= 11 is 12.6. The maximum Gasteiger partial charge on any atom is 0.387 e. The fraction of sp³-hybridized carbons (Fsp3) is 0.111. The fourth-order valence-corrected chi connectivity index (χ4v) is 3.98. The van der Waals surface area contributed by atoms with Gasteiger partial charge in [0.2, 0.25) is 0 Å². The van der Waals surface area contributed by atoms with E-state index in [1.165, 1.54) is 35.6 Å². The summed E-state index contributed by atoms with van der Waals surface area (Å²) in [6, 6.07) is 11.1. The number of alkyl halides is 2. The summed E-state index contributed by atoms with van der Waals surface area (Å²) < 4.78 is 34.6. The van der Waals surface area contributed by atoms with Crippen LogP contribution >= 0.6 is 35.2 Å². The van der Waals surface area contributed by atoms with Crippen LogP contribution in [-0.2, 0) is 0 Å². The van der Waals surface area contributed by atoms with Crippen LogP contribution < -0.4 is 25.6 Å². The average Bonchev–Trinajstić information content (AvgIpc) is 3.03. The van der Waals surface area contributed by atoms with Gasteiger partial charge in [-0.1, -0.05) is 11.6 Å². The minimum absolute atomic E-state index is 0.0220. The van der Waals surface area contributed by atoms with E-state index in [0.29, 0.717) is 21.3 Å². The molecule has 0 fully saturated rings. The minimum atomic E-state index is -2.89. The maximum absolute atomic E-state index is 12.4. The number of carbonyl (C=O) groups excluding carboxylic acids is 1. The van der Waals surface area contributed by atoms with Crippen LogP contribution in [0.5, 0.6) is 11.5 Å². The highest BCUT2D eigenvalue weighted by Gasteiger charge is 2.17. The summed E-state index contributed by atoms with van der Waals surface area (Å²) in [5, 5.41) is 3.98. The number of methoxy groups -OCH3 is 1. The summed E-state index contributed by atoms with van der Waals surface area (Å²) in [5.74, 6) is 0.226. The Kier molecular flexibility index (Phi) is 6.68. The lowest BCUT2D eigenvalue weighted by Gasteiger charge is -2.12. The maximum atomic E-state index is 12.4. The number of thiophene rings is 1. The standard InChI is InChI=1S/C18H14ClF2N3O3S2/c1-26-11-6-7-12-13(8-11)29-15(14(12)19)16(25)23-24-18(28)22-9-2-4-10(5-3-9)27-17(20)21/h2-8,17H,1H3,(H,23,25)(H2,22,24,28). The van der Waals surface area contributed by atoms with E-state index in [9.17, 15) is 13.6 Å². The van der Waals surface area contributed by atoms with Crippen molar-refractivity contribution >= 4 is 61.9 Å². The van der Waals surface area contributed by atoms with Gasteiger partial charge in [0.25, 0.3) is 5.91 Å². The van der Waals surface area contributed by atoms with Crippen molar-refractivity contribution < 1.29 is 23.0 Å². The van der Waals surface area contributed by atoms with Gasteiger partial charge >= 0.3 is 6.61 Å². The number of hydrogen-bond donors (Lipinski definition) is 3. The van der Waals surface area contributed by atoms with Gasteiger partial charge in [0.15, 0.2) is 5.11 Å². The Morgan fingerprint density at radius 2 is 1.83 bits per heavy atom. The second-order valence-corrected chi connectivity index (χ2v) is 7.38. The molecule has 0 aliphatic rings. The molecule has 3 rings (SSSR count). The second kappa shape index (κ2) is 9.21. The van der Waals surface area contributed by atoms with Crippen LogP contribution in [0.1, 0.15) is 9.67 Å². The Morgan fingerprint density at radius 1 is 1.14 bits per heavy atom. The molecule has 0 atom stereocenters. The van der Waals surface area contributed by atoms with Gasteiger partial charge < -0.3 is 14.8 Å². The number of rotatable bonds is 5. The van der Waals surface area contributed by atoms with Gasteiger partial charge in [-0.25, -0.2) is 0 Å². The van der Waals surface area contributed by atoms with Crippen molar-refractivity contribution in [3.63, 3.8) is 0 Å². The first-order chi connectivity index (χ1) is 13.9. The monoisotopic (exact) mass is 457 g/mol. The molecule has 0 bridgehead atoms. The van der Waals surface area contributed by atoms with Crippen molar-refractivity contribution in [3.8, 4) is 11.5 Å². The molecule has 1 aromatic heterocycles. The Bertz CT molecular complexity index is 1040. The number of ether oxygens (including phenoxy) is 2. The number of halogens is 3. The third-order valence-electron chi connectivity index (χ3n) is 3.67. The molecule has 152 valence electrons. The molecule has 11 heteroatoms. The van der Waals surface area contributed by atoms with Crippen LogP contribution in [-0.4, -0.2) is 24.7 Å². The Balaban J connectivity index is 1.59. The van der Waals surface area contributed by atoms with E-state index in [1.54, 1.807) is 25.3 Å². The molecule has 2 aromatic carbocycles. The van der Waals surface area contributed by atoms with E-state index in [1.807, 2.05) is 0 Å². The highest BCUT2D eigenvalue weighted by atomic mass is 35.5. The van der Waals surface area contributed by atoms with E-state index in [-0.39, 0.29) is 10.9 Å². The van der Waals surface area contributed by atoms with Crippen molar-refractivity contribution in [2.75, 3.05) is 12.4 Å². The van der Waals surface area contributed by atoms with Crippen molar-refractivity contribution in [1.29, 1.82) is 0 Å². The number of anilines is 1. The smallest absolute Gasteiger partial charge is 0.387 e. The molecule has 1 heterocycles. The van der Waals surface area contributed by atoms with E-state index >= 15 is 0 Å². The predicted octanol–water partition coefficient (Wildman–Crippen LogP) is 4.80. The first-order valence-electron chi connectivity index (χ1n) is 8.05. The van der Waals surface area contributed by atoms with Gasteiger partial charge in [0.05, 0.1) is 12.1 Å². The Hall–Kier alpha value is -2.69. The number of hydrazine groups is 1. The van der Waals surface area contributed by atoms with Crippen molar-refractivity contribution in [1.82, 2.24) is 10.9 Å². The van der Waals surface area contributed by atoms with E-state index < -0.39 is 12.5 Å². The summed E-state index contributed by atoms with van der Waals surface area (Å²) in [4.78, 5) is 12.8. The highest BCUT2D eigenvalue weighted by molar-refractivity contribution is 7.80. The first kappa shape index (κ1) is 21.0. The van der Waals surface area contributed by atoms with Crippen LogP contribution in [0.3, 0.4) is 0 Å². The number of fused-ring (bicyclic) bond motifs is 1. The summed E-state index contributed by atoms with van der Waals surface area (Å²) in [7, 11) is 1.56. The molecule has 3 N–H and O–H groups in total. The molecular formula is C18H14ClF2N3O3S2. The average molecular weight is 458 g/mol. The normalized spacial score (nSPS) is 10.7. The number of benzene rings is 2. The van der Waals surface area contributed by atoms with Gasteiger partial charge in [0.1, 0.15) is 16.4 Å². The lowest BCUT2D eigenvalue weighted by Crippen LogP contribution is -2.43. The number of amides is 1. The fourth-order valence-electron chi connectivity index (χ4n) is 2.37. The van der Waals surface area contributed by atoms with E-state index in [2.05, 4.69) is 20.9 Å². The van der Waals surface area contributed by atoms with Gasteiger partial charge in [-0.05, 0) is 54.7 Å². The molecule has 6 nitrogen and oxygen atoms in total. The molecule has 0 saturated carbocycles. The molecule has 29 heavy (non-hydrogen) atoms. The van der Waals surface area contributed by atoms with E-state index in [4.69, 9.17) is 28.6 Å². The zero-order chi connectivity index (χ0) is 21.0. The molecule has 0 aliphatic heterocycles. The molecule has 1 amide bonds. The molecule has 0 radical (unpaired) electrons. The second-order valence-electron chi connectivity index (χ2n) is 5.54. The Labute approximate surface area is 178 Å². The molecule has 0 spiro atoms. The summed E-state index contributed by atoms with van der Waals surface area (Å²) in [6.45, 7) is -2.89. The zero-order valence-corrected chi connectivity index (χ0v) is 17.2. The number of nitrogens with one attached hydrogen (secondary N) is 3. The van der Waals surface area contributed by atoms with Crippen LogP contribution in [0.4, 0.5) is 14.5 Å². The quantitative estimate of drug-likeness (QED) is 0.378. The van der Waals surface area contributed by atoms with E-state index in [0.717, 1.165) is 10.1 Å². The van der Waals surface area contributed by atoms with Gasteiger partial charge in [-0.15, -0.1) is 11.3 Å². The van der Waals surface area contributed by atoms with Crippen molar-refractivity contribution in [2.24, 2.45) is 0 Å². The molecule has 0 saturated heterocycles. The van der Waals surface area contributed by atoms with Crippen molar-refractivity contribution in [2.45, 2.75) is 6.61 Å². The largest absolute Gasteiger partial charge is 0.497 e. The van der Waals surface area contributed by atoms with Gasteiger partial charge in [-0.2, -0.15) is 8.78 Å². The Morgan fingerprint density at radius 3 is 2.48 bits per heavy atom. The lowest BCUT2D eigenvalue weighted by atomic mass is 10.2. The summed E-state index contributed by atoms with van der Waals surface area (Å²) in [5.41, 5.74) is 5.55. The topological polar surface area (TPSA) is 71.6 Å². The lowest BCUT2D eigenvalue weighted by molar-refractivity contribution is -0.0498. The molecule has 0 unspecified atom stereocenters. The number of thiocarbonyl (C=S) groups is 1. The van der Waals surface area contributed by atoms with Gasteiger partial charge in [0, 0.05) is 15.8 Å². The van der Waals surface area contributed by atoms with Gasteiger partial charge in [-0.3, -0.25) is 15.6 Å². The van der Waals surface area contributed by atoms with Crippen molar-refractivity contribution in [3.05, 3.63) is 52.4 Å². The highest BCUT2D eigenvalue weighted by Crippen LogP contribution is 2.37. The van der Waals surface area contributed by atoms with Crippen LogP contribution in [0.2, 0.25) is 5.02 Å². The first-order valence-corrected chi connectivity index (χ1v) is 9.66. The van der Waals surface area contributed by atoms with Crippen LogP contribution in [0.15, 0.2) is 42.5 Å². The minimum Gasteiger partial charge on any atom is -0.497 e. The zero-order valence-electron chi connectivity index (χ0n) is 14.8. The summed E-state index contributed by atoms with van der Waals surface area (Å²) in [6.07, 6.45) is 0. The SMILES string of the molecule is COc1ccc2c(Cl)c(C(=O)NNC(=S)Nc3ccc(OC(F)F)cc3)sc2c1. The molecule has 3 aromatic rings. The molecule has 0 aliphatic carbocycles. The predicted molar refractivity (Wildman–Crippen MR) is 113 cm³/mol. The number of hydrogen-bond acceptors (Lipinski definition) is 5. The van der Waals surface area contributed by atoms with Crippen LogP contribution in [0.25, 0.3) is 10.1 Å². The third-order valence-corrected chi connectivity index (χ3v) is 5.53. The number of carbonyl (C=O) groups is 1. The van der Waals surface area contributed by atoms with Crippen LogP contribution in [0, 0.1) is 0 Å².